The van der Waals surface area contributed by atoms with Crippen LogP contribution in [0.3, 0.4) is 0 Å². The molecule has 0 unspecified atom stereocenters. The summed E-state index contributed by atoms with van der Waals surface area (Å²) >= 11 is 0. The molecule has 1 aromatic carbocycles. The fourth-order valence-corrected chi connectivity index (χ4v) is 2.50. The third-order valence-electron chi connectivity index (χ3n) is 3.88. The van der Waals surface area contributed by atoms with Crippen LogP contribution in [0.4, 0.5) is 0 Å². The minimum atomic E-state index is -0.338. The maximum atomic E-state index is 11.9. The second-order valence-electron chi connectivity index (χ2n) is 5.35. The van der Waals surface area contributed by atoms with Gasteiger partial charge in [-0.15, -0.1) is 0 Å². The molecule has 1 aromatic rings. The number of benzene rings is 1. The maximum absolute atomic E-state index is 11.9. The lowest BCUT2D eigenvalue weighted by atomic mass is 9.89. The van der Waals surface area contributed by atoms with Gasteiger partial charge in [0.2, 0.25) is 0 Å². The summed E-state index contributed by atoms with van der Waals surface area (Å²) in [5.74, 6) is -0.995. The predicted molar refractivity (Wildman–Crippen MR) is 75.7 cm³/mol. The molecular formula is C16H21NO3. The van der Waals surface area contributed by atoms with Gasteiger partial charge >= 0.3 is 5.97 Å². The maximum Gasteiger partial charge on any atom is 0.335 e. The molecule has 1 saturated carbocycles. The van der Waals surface area contributed by atoms with Gasteiger partial charge in [-0.3, -0.25) is 4.79 Å². The summed E-state index contributed by atoms with van der Waals surface area (Å²) in [6, 6.07) is 9.43. The first-order valence-electron chi connectivity index (χ1n) is 7.24. The van der Waals surface area contributed by atoms with E-state index < -0.39 is 0 Å². The van der Waals surface area contributed by atoms with E-state index in [1.807, 2.05) is 30.3 Å². The molecule has 0 aromatic heterocycles. The van der Waals surface area contributed by atoms with E-state index in [2.05, 4.69) is 5.48 Å². The first kappa shape index (κ1) is 14.6. The molecule has 4 nitrogen and oxygen atoms in total. The number of carbonyl (C=O) groups excluding carboxylic acids is 2. The molecular weight excluding hydrogens is 254 g/mol. The Kier molecular flexibility index (Phi) is 5.16. The number of hydrogen-bond donors (Lipinski definition) is 1. The average molecular weight is 275 g/mol. The van der Waals surface area contributed by atoms with Crippen LogP contribution in [0.15, 0.2) is 30.3 Å². The van der Waals surface area contributed by atoms with Crippen molar-refractivity contribution in [3.05, 3.63) is 35.9 Å². The molecule has 1 amide bonds. The number of hydroxylamine groups is 1. The van der Waals surface area contributed by atoms with Gasteiger partial charge in [-0.2, -0.15) is 5.48 Å². The van der Waals surface area contributed by atoms with E-state index in [0.29, 0.717) is 0 Å². The van der Waals surface area contributed by atoms with Gasteiger partial charge in [0.15, 0.2) is 0 Å². The van der Waals surface area contributed by atoms with Crippen molar-refractivity contribution in [3.8, 4) is 0 Å². The molecule has 1 N–H and O–H groups in total. The topological polar surface area (TPSA) is 55.4 Å². The van der Waals surface area contributed by atoms with Gasteiger partial charge in [-0.05, 0) is 25.3 Å². The summed E-state index contributed by atoms with van der Waals surface area (Å²) in [6.07, 6.45) is 5.04. The third kappa shape index (κ3) is 3.83. The lowest BCUT2D eigenvalue weighted by molar-refractivity contribution is -0.163. The minimum absolute atomic E-state index is 0.0592. The van der Waals surface area contributed by atoms with Crippen molar-refractivity contribution in [1.29, 1.82) is 0 Å². The Hall–Kier alpha value is -1.84. The summed E-state index contributed by atoms with van der Waals surface area (Å²) < 4.78 is 0. The Balaban J connectivity index is 1.81. The van der Waals surface area contributed by atoms with Crippen molar-refractivity contribution in [2.75, 3.05) is 0 Å². The van der Waals surface area contributed by atoms with Gasteiger partial charge in [0.25, 0.3) is 5.91 Å². The highest BCUT2D eigenvalue weighted by molar-refractivity contribution is 5.84. The van der Waals surface area contributed by atoms with Gasteiger partial charge in [0.1, 0.15) is 0 Å². The fourth-order valence-electron chi connectivity index (χ4n) is 2.50. The molecule has 1 aliphatic carbocycles. The third-order valence-corrected chi connectivity index (χ3v) is 3.88. The quantitative estimate of drug-likeness (QED) is 0.863. The van der Waals surface area contributed by atoms with Crippen LogP contribution < -0.4 is 5.48 Å². The molecule has 20 heavy (non-hydrogen) atoms. The molecule has 0 bridgehead atoms. The minimum Gasteiger partial charge on any atom is -0.340 e. The van der Waals surface area contributed by atoms with Crippen molar-refractivity contribution in [2.45, 2.75) is 44.9 Å². The largest absolute Gasteiger partial charge is 0.340 e. The Morgan fingerprint density at radius 1 is 1.15 bits per heavy atom. The Morgan fingerprint density at radius 3 is 2.45 bits per heavy atom. The van der Waals surface area contributed by atoms with Crippen molar-refractivity contribution in [3.63, 3.8) is 0 Å². The van der Waals surface area contributed by atoms with E-state index in [9.17, 15) is 9.59 Å². The van der Waals surface area contributed by atoms with E-state index in [4.69, 9.17) is 4.84 Å². The van der Waals surface area contributed by atoms with Gasteiger partial charge in [-0.25, -0.2) is 4.79 Å². The van der Waals surface area contributed by atoms with E-state index in [1.165, 1.54) is 6.42 Å². The SMILES string of the molecule is C[C@@H](C(=O)NOC(=O)C1CCCCC1)c1ccccc1. The summed E-state index contributed by atoms with van der Waals surface area (Å²) in [7, 11) is 0. The van der Waals surface area contributed by atoms with E-state index in [0.717, 1.165) is 31.2 Å². The number of amides is 1. The highest BCUT2D eigenvalue weighted by atomic mass is 16.7. The van der Waals surface area contributed by atoms with Gasteiger partial charge in [-0.1, -0.05) is 49.6 Å². The molecule has 0 spiro atoms. The predicted octanol–water partition coefficient (Wildman–Crippen LogP) is 2.94. The normalized spacial score (nSPS) is 17.2. The summed E-state index contributed by atoms with van der Waals surface area (Å²) in [5, 5.41) is 0. The molecule has 1 fully saturated rings. The van der Waals surface area contributed by atoms with Gasteiger partial charge in [0, 0.05) is 0 Å². The van der Waals surface area contributed by atoms with Crippen LogP contribution in [0.1, 0.15) is 50.5 Å². The number of carbonyl (C=O) groups is 2. The van der Waals surface area contributed by atoms with Crippen molar-refractivity contribution >= 4 is 11.9 Å². The summed E-state index contributed by atoms with van der Waals surface area (Å²) in [4.78, 5) is 28.7. The van der Waals surface area contributed by atoms with Crippen molar-refractivity contribution < 1.29 is 14.4 Å². The molecule has 2 rings (SSSR count). The second-order valence-corrected chi connectivity index (χ2v) is 5.35. The van der Waals surface area contributed by atoms with Crippen LogP contribution >= 0.6 is 0 Å². The number of rotatable bonds is 3. The zero-order valence-electron chi connectivity index (χ0n) is 11.8. The smallest absolute Gasteiger partial charge is 0.335 e. The van der Waals surface area contributed by atoms with Crippen LogP contribution in [-0.2, 0) is 14.4 Å². The molecule has 1 aliphatic rings. The summed E-state index contributed by atoms with van der Waals surface area (Å²) in [5.41, 5.74) is 3.19. The lowest BCUT2D eigenvalue weighted by Crippen LogP contribution is -2.33. The highest BCUT2D eigenvalue weighted by Gasteiger charge is 2.24. The van der Waals surface area contributed by atoms with Crippen LogP contribution in [0.25, 0.3) is 0 Å². The van der Waals surface area contributed by atoms with E-state index in [1.54, 1.807) is 6.92 Å². The van der Waals surface area contributed by atoms with E-state index in [-0.39, 0.29) is 23.7 Å². The van der Waals surface area contributed by atoms with Crippen molar-refractivity contribution in [2.24, 2.45) is 5.92 Å². The van der Waals surface area contributed by atoms with Gasteiger partial charge in [0.05, 0.1) is 11.8 Å². The summed E-state index contributed by atoms with van der Waals surface area (Å²) in [6.45, 7) is 1.79. The Morgan fingerprint density at radius 2 is 1.80 bits per heavy atom. The molecule has 1 atom stereocenters. The molecule has 108 valence electrons. The Bertz CT molecular complexity index is 452. The van der Waals surface area contributed by atoms with Gasteiger partial charge < -0.3 is 4.84 Å². The van der Waals surface area contributed by atoms with Crippen LogP contribution in [0, 0.1) is 5.92 Å². The number of nitrogens with one attached hydrogen (secondary N) is 1. The monoisotopic (exact) mass is 275 g/mol. The zero-order chi connectivity index (χ0) is 14.4. The second kappa shape index (κ2) is 7.08. The molecule has 0 aliphatic heterocycles. The first-order chi connectivity index (χ1) is 9.68. The van der Waals surface area contributed by atoms with Crippen molar-refractivity contribution in [1.82, 2.24) is 5.48 Å². The fraction of sp³-hybridized carbons (Fsp3) is 0.500. The molecule has 0 radical (unpaired) electrons. The molecule has 0 heterocycles. The molecule has 0 saturated heterocycles. The zero-order valence-corrected chi connectivity index (χ0v) is 11.8. The first-order valence-corrected chi connectivity index (χ1v) is 7.24. The number of hydrogen-bond acceptors (Lipinski definition) is 3. The molecule has 4 heteroatoms. The van der Waals surface area contributed by atoms with Crippen LogP contribution in [0.5, 0.6) is 0 Å². The average Bonchev–Trinajstić information content (AvgIpc) is 2.53. The highest BCUT2D eigenvalue weighted by Crippen LogP contribution is 2.24. The van der Waals surface area contributed by atoms with Crippen LogP contribution in [-0.4, -0.2) is 11.9 Å². The van der Waals surface area contributed by atoms with Crippen LogP contribution in [0.2, 0.25) is 0 Å². The van der Waals surface area contributed by atoms with E-state index >= 15 is 0 Å². The standard InChI is InChI=1S/C16H21NO3/c1-12(13-8-4-2-5-9-13)15(18)17-20-16(19)14-10-6-3-7-11-14/h2,4-5,8-9,12,14H,3,6-7,10-11H2,1H3,(H,17,18)/t12-/m1/s1. The lowest BCUT2D eigenvalue weighted by Gasteiger charge is -2.20. The Labute approximate surface area is 119 Å².